The molecule has 2 rings (SSSR count). The summed E-state index contributed by atoms with van der Waals surface area (Å²) in [6, 6.07) is 3.71. The normalized spacial score (nSPS) is 10.4. The van der Waals surface area contributed by atoms with Crippen molar-refractivity contribution in [3.8, 4) is 11.8 Å². The number of halogens is 3. The van der Waals surface area contributed by atoms with Crippen LogP contribution in [-0.4, -0.2) is 34.0 Å². The van der Waals surface area contributed by atoms with E-state index in [4.69, 9.17) is 25.6 Å². The highest BCUT2D eigenvalue weighted by atomic mass is 19.4. The molecule has 3 N–H and O–H groups in total. The summed E-state index contributed by atoms with van der Waals surface area (Å²) in [4.78, 5) is 8.90. The number of anilines is 1. The van der Waals surface area contributed by atoms with E-state index in [2.05, 4.69) is 5.10 Å². The molecule has 0 fully saturated rings. The van der Waals surface area contributed by atoms with Crippen LogP contribution in [0.2, 0.25) is 0 Å². The van der Waals surface area contributed by atoms with Crippen molar-refractivity contribution in [3.05, 3.63) is 24.0 Å². The molecular formula is C11H9F3N4O3. The molecule has 7 nitrogen and oxygen atoms in total. The lowest BCUT2D eigenvalue weighted by atomic mass is 10.2. The molecule has 2 heterocycles. The van der Waals surface area contributed by atoms with E-state index >= 15 is 0 Å². The van der Waals surface area contributed by atoms with Crippen molar-refractivity contribution >= 4 is 17.2 Å². The van der Waals surface area contributed by atoms with Crippen LogP contribution in [0.15, 0.2) is 18.5 Å². The Balaban J connectivity index is 0.000000270. The Hall–Kier alpha value is -2.96. The molecule has 0 aliphatic heterocycles. The summed E-state index contributed by atoms with van der Waals surface area (Å²) in [5.74, 6) is -2.27. The zero-order valence-corrected chi connectivity index (χ0v) is 10.5. The molecule has 0 spiro atoms. The molecule has 0 atom stereocenters. The van der Waals surface area contributed by atoms with Gasteiger partial charge in [-0.3, -0.25) is 0 Å². The number of carboxylic acids is 1. The molecule has 0 saturated carbocycles. The van der Waals surface area contributed by atoms with Gasteiger partial charge >= 0.3 is 12.1 Å². The van der Waals surface area contributed by atoms with E-state index in [0.717, 1.165) is 0 Å². The quantitative estimate of drug-likeness (QED) is 0.823. The highest BCUT2D eigenvalue weighted by molar-refractivity contribution is 5.76. The first-order chi connectivity index (χ1) is 9.72. The Bertz CT molecular complexity index is 703. The second-order valence-corrected chi connectivity index (χ2v) is 3.57. The minimum atomic E-state index is -5.08. The average molecular weight is 302 g/mol. The van der Waals surface area contributed by atoms with Crippen molar-refractivity contribution in [2.45, 2.75) is 6.18 Å². The van der Waals surface area contributed by atoms with Gasteiger partial charge in [0.05, 0.1) is 19.0 Å². The molecule has 0 unspecified atom stereocenters. The monoisotopic (exact) mass is 302 g/mol. The zero-order chi connectivity index (χ0) is 16.2. The Labute approximate surface area is 116 Å². The molecule has 2 aromatic rings. The number of pyridine rings is 1. The summed E-state index contributed by atoms with van der Waals surface area (Å²) in [6.07, 6.45) is -1.91. The van der Waals surface area contributed by atoms with Gasteiger partial charge in [0, 0.05) is 6.20 Å². The van der Waals surface area contributed by atoms with Gasteiger partial charge in [-0.1, -0.05) is 0 Å². The van der Waals surface area contributed by atoms with Crippen LogP contribution in [-0.2, 0) is 4.79 Å². The number of aliphatic carboxylic acids is 1. The van der Waals surface area contributed by atoms with Gasteiger partial charge in [-0.2, -0.15) is 23.5 Å². The standard InChI is InChI=1S/C9H8N4O.C2HF3O2/c1-14-9-7(11)2-3-13-8(9)6(4-10)5-12-13;3-2(4,5)1(6)7/h2-3,5H,11H2,1H3;(H,6,7). The van der Waals surface area contributed by atoms with E-state index in [-0.39, 0.29) is 0 Å². The number of alkyl halides is 3. The Kier molecular flexibility index (Phi) is 4.60. The van der Waals surface area contributed by atoms with E-state index in [0.29, 0.717) is 22.5 Å². The minimum Gasteiger partial charge on any atom is -0.492 e. The number of fused-ring (bicyclic) bond motifs is 1. The molecule has 0 aromatic carbocycles. The van der Waals surface area contributed by atoms with Crippen LogP contribution in [0.5, 0.6) is 5.75 Å². The van der Waals surface area contributed by atoms with Crippen LogP contribution in [0.3, 0.4) is 0 Å². The van der Waals surface area contributed by atoms with Gasteiger partial charge in [0.1, 0.15) is 17.1 Å². The molecule has 0 amide bonds. The minimum absolute atomic E-state index is 0.453. The molecule has 2 aromatic heterocycles. The lowest BCUT2D eigenvalue weighted by molar-refractivity contribution is -0.192. The summed E-state index contributed by atoms with van der Waals surface area (Å²) in [7, 11) is 1.51. The Morgan fingerprint density at radius 3 is 2.57 bits per heavy atom. The van der Waals surface area contributed by atoms with Gasteiger partial charge in [-0.25, -0.2) is 9.31 Å². The number of ether oxygens (including phenoxy) is 1. The molecule has 0 aliphatic carbocycles. The lowest BCUT2D eigenvalue weighted by Gasteiger charge is -2.05. The molecule has 0 saturated heterocycles. The fourth-order valence-electron chi connectivity index (χ4n) is 1.36. The first kappa shape index (κ1) is 16.1. The second kappa shape index (κ2) is 6.00. The van der Waals surface area contributed by atoms with E-state index in [1.165, 1.54) is 13.3 Å². The zero-order valence-electron chi connectivity index (χ0n) is 10.5. The molecular weight excluding hydrogens is 293 g/mol. The summed E-state index contributed by atoms with van der Waals surface area (Å²) < 4.78 is 38.4. The van der Waals surface area contributed by atoms with Crippen molar-refractivity contribution in [2.75, 3.05) is 12.8 Å². The highest BCUT2D eigenvalue weighted by Crippen LogP contribution is 2.28. The number of rotatable bonds is 1. The van der Waals surface area contributed by atoms with Crippen molar-refractivity contribution in [1.29, 1.82) is 5.26 Å². The number of carbonyl (C=O) groups is 1. The average Bonchev–Trinajstić information content (AvgIpc) is 2.81. The molecule has 112 valence electrons. The number of methoxy groups -OCH3 is 1. The third-order valence-electron chi connectivity index (χ3n) is 2.24. The van der Waals surface area contributed by atoms with E-state index in [1.54, 1.807) is 16.8 Å². The predicted molar refractivity (Wildman–Crippen MR) is 64.6 cm³/mol. The Morgan fingerprint density at radius 2 is 2.14 bits per heavy atom. The van der Waals surface area contributed by atoms with E-state index in [1.807, 2.05) is 6.07 Å². The maximum absolute atomic E-state index is 10.6. The molecule has 21 heavy (non-hydrogen) atoms. The summed E-state index contributed by atoms with van der Waals surface area (Å²) in [6.45, 7) is 0. The number of carboxylic acid groups (broad SMARTS) is 1. The van der Waals surface area contributed by atoms with Gasteiger partial charge in [0.15, 0.2) is 5.75 Å². The van der Waals surface area contributed by atoms with Gasteiger partial charge in [0.25, 0.3) is 0 Å². The van der Waals surface area contributed by atoms with E-state index < -0.39 is 12.1 Å². The lowest BCUT2D eigenvalue weighted by Crippen LogP contribution is -2.21. The van der Waals surface area contributed by atoms with Crippen LogP contribution in [0, 0.1) is 11.3 Å². The first-order valence-corrected chi connectivity index (χ1v) is 5.22. The van der Waals surface area contributed by atoms with E-state index in [9.17, 15) is 13.2 Å². The number of nitrogens with zero attached hydrogens (tertiary/aromatic N) is 3. The first-order valence-electron chi connectivity index (χ1n) is 5.22. The number of hydrogen-bond donors (Lipinski definition) is 2. The maximum atomic E-state index is 10.6. The summed E-state index contributed by atoms with van der Waals surface area (Å²) in [5, 5.41) is 20.0. The SMILES string of the molecule is COc1c(N)ccn2ncc(C#N)c12.O=C(O)C(F)(F)F. The van der Waals surface area contributed by atoms with Gasteiger partial charge in [-0.15, -0.1) is 0 Å². The predicted octanol–water partition coefficient (Wildman–Crippen LogP) is 1.43. The molecule has 0 radical (unpaired) electrons. The molecule has 0 bridgehead atoms. The number of nitrogen functional groups attached to an aromatic ring is 1. The van der Waals surface area contributed by atoms with Crippen LogP contribution in [0.1, 0.15) is 5.56 Å². The van der Waals surface area contributed by atoms with Crippen LogP contribution < -0.4 is 10.5 Å². The summed E-state index contributed by atoms with van der Waals surface area (Å²) in [5.41, 5.74) is 7.26. The van der Waals surface area contributed by atoms with Crippen LogP contribution >= 0.6 is 0 Å². The second-order valence-electron chi connectivity index (χ2n) is 3.57. The highest BCUT2D eigenvalue weighted by Gasteiger charge is 2.38. The van der Waals surface area contributed by atoms with Gasteiger partial charge in [-0.05, 0) is 6.07 Å². The van der Waals surface area contributed by atoms with Crippen molar-refractivity contribution in [1.82, 2.24) is 9.61 Å². The molecule has 0 aliphatic rings. The molecule has 10 heteroatoms. The third-order valence-corrected chi connectivity index (χ3v) is 2.24. The number of aromatic nitrogens is 2. The topological polar surface area (TPSA) is 114 Å². The van der Waals surface area contributed by atoms with Crippen molar-refractivity contribution in [2.24, 2.45) is 0 Å². The van der Waals surface area contributed by atoms with Gasteiger partial charge in [0.2, 0.25) is 0 Å². The van der Waals surface area contributed by atoms with Crippen molar-refractivity contribution < 1.29 is 27.8 Å². The number of hydrogen-bond acceptors (Lipinski definition) is 5. The smallest absolute Gasteiger partial charge is 0.490 e. The van der Waals surface area contributed by atoms with Crippen LogP contribution in [0.25, 0.3) is 5.52 Å². The van der Waals surface area contributed by atoms with Gasteiger partial charge < -0.3 is 15.6 Å². The number of nitriles is 1. The van der Waals surface area contributed by atoms with Crippen LogP contribution in [0.4, 0.5) is 18.9 Å². The van der Waals surface area contributed by atoms with Crippen molar-refractivity contribution in [3.63, 3.8) is 0 Å². The third kappa shape index (κ3) is 3.53. The number of nitrogens with two attached hydrogens (primary N) is 1. The fraction of sp³-hybridized carbons (Fsp3) is 0.182. The fourth-order valence-corrected chi connectivity index (χ4v) is 1.36. The summed E-state index contributed by atoms with van der Waals surface area (Å²) >= 11 is 0. The maximum Gasteiger partial charge on any atom is 0.490 e. The Morgan fingerprint density at radius 1 is 1.57 bits per heavy atom. The largest absolute Gasteiger partial charge is 0.492 e.